The lowest BCUT2D eigenvalue weighted by Crippen LogP contribution is -2.49. The van der Waals surface area contributed by atoms with Crippen molar-refractivity contribution in [1.29, 1.82) is 0 Å². The number of aliphatic hydroxyl groups excluding tert-OH is 1. The van der Waals surface area contributed by atoms with Crippen LogP contribution in [-0.4, -0.2) is 34.9 Å². The Morgan fingerprint density at radius 3 is 2.47 bits per heavy atom. The lowest BCUT2D eigenvalue weighted by atomic mass is 9.83. The number of fused-ring (bicyclic) bond motifs is 2. The van der Waals surface area contributed by atoms with Crippen LogP contribution in [0.2, 0.25) is 0 Å². The van der Waals surface area contributed by atoms with Crippen LogP contribution in [0.3, 0.4) is 0 Å². The van der Waals surface area contributed by atoms with E-state index in [-0.39, 0.29) is 18.2 Å². The fourth-order valence-electron chi connectivity index (χ4n) is 4.94. The molecule has 0 saturated heterocycles. The molecule has 2 aromatic carbocycles. The van der Waals surface area contributed by atoms with Gasteiger partial charge in [-0.25, -0.2) is 13.2 Å². The highest BCUT2D eigenvalue weighted by Crippen LogP contribution is 2.50. The summed E-state index contributed by atoms with van der Waals surface area (Å²) in [6, 6.07) is 9.97. The number of nitrogens with zero attached hydrogens (tertiary/aromatic N) is 1. The van der Waals surface area contributed by atoms with Crippen LogP contribution in [0.25, 0.3) is 5.57 Å². The van der Waals surface area contributed by atoms with Gasteiger partial charge in [0.15, 0.2) is 0 Å². The van der Waals surface area contributed by atoms with Gasteiger partial charge in [0.25, 0.3) is 0 Å². The number of rotatable bonds is 5. The van der Waals surface area contributed by atoms with E-state index in [2.05, 4.69) is 6.07 Å². The summed E-state index contributed by atoms with van der Waals surface area (Å²) in [7, 11) is 0. The van der Waals surface area contributed by atoms with Gasteiger partial charge in [0.05, 0.1) is 12.6 Å². The normalized spacial score (nSPS) is 23.3. The lowest BCUT2D eigenvalue weighted by molar-refractivity contribution is 0.0181. The fraction of sp³-hybridized carbons (Fsp3) is 0.440. The molecule has 0 saturated carbocycles. The molecule has 160 valence electrons. The molecule has 0 fully saturated rings. The van der Waals surface area contributed by atoms with Crippen LogP contribution in [0, 0.1) is 11.6 Å². The summed E-state index contributed by atoms with van der Waals surface area (Å²) in [6.45, 7) is 4.40. The maximum Gasteiger partial charge on any atom is 0.143 e. The molecule has 0 radical (unpaired) electrons. The highest BCUT2D eigenvalue weighted by molar-refractivity contribution is 5.79. The van der Waals surface area contributed by atoms with Gasteiger partial charge in [-0.15, -0.1) is 0 Å². The summed E-state index contributed by atoms with van der Waals surface area (Å²) < 4.78 is 45.4. The van der Waals surface area contributed by atoms with Crippen LogP contribution >= 0.6 is 0 Å². The molecule has 2 aliphatic rings. The Bertz CT molecular complexity index is 975. The lowest BCUT2D eigenvalue weighted by Gasteiger charge is -2.44. The zero-order valence-electron chi connectivity index (χ0n) is 17.7. The summed E-state index contributed by atoms with van der Waals surface area (Å²) in [4.78, 5) is 1.83. The van der Waals surface area contributed by atoms with E-state index >= 15 is 8.78 Å². The number of halogens is 3. The third kappa shape index (κ3) is 3.58. The Labute approximate surface area is 176 Å². The van der Waals surface area contributed by atoms with Gasteiger partial charge in [-0.05, 0) is 73.1 Å². The smallest absolute Gasteiger partial charge is 0.143 e. The maximum atomic E-state index is 15.3. The van der Waals surface area contributed by atoms with Crippen LogP contribution in [-0.2, 0) is 12.8 Å². The van der Waals surface area contributed by atoms with E-state index in [1.165, 1.54) is 19.1 Å². The zero-order chi connectivity index (χ0) is 21.6. The van der Waals surface area contributed by atoms with Crippen LogP contribution < -0.4 is 0 Å². The van der Waals surface area contributed by atoms with Crippen molar-refractivity contribution in [1.82, 2.24) is 4.90 Å². The van der Waals surface area contributed by atoms with Crippen molar-refractivity contribution in [3.63, 3.8) is 0 Å². The average Bonchev–Trinajstić information content (AvgIpc) is 3.07. The molecule has 30 heavy (non-hydrogen) atoms. The molecular weight excluding hydrogens is 387 g/mol. The van der Waals surface area contributed by atoms with E-state index in [0.717, 1.165) is 22.3 Å². The van der Waals surface area contributed by atoms with Gasteiger partial charge < -0.3 is 5.11 Å². The minimum Gasteiger partial charge on any atom is -0.393 e. The summed E-state index contributed by atoms with van der Waals surface area (Å²) >= 11 is 0. The number of alkyl halides is 1. The van der Waals surface area contributed by atoms with E-state index in [4.69, 9.17) is 0 Å². The quantitative estimate of drug-likeness (QED) is 0.708. The third-order valence-electron chi connectivity index (χ3n) is 6.50. The van der Waals surface area contributed by atoms with Crippen LogP contribution in [0.1, 0.15) is 55.5 Å². The van der Waals surface area contributed by atoms with Crippen molar-refractivity contribution in [2.45, 2.75) is 57.8 Å². The first kappa shape index (κ1) is 21.1. The van der Waals surface area contributed by atoms with Crippen LogP contribution in [0.15, 0.2) is 42.0 Å². The number of benzene rings is 2. The molecule has 0 spiro atoms. The highest BCUT2D eigenvalue weighted by atomic mass is 19.1. The first-order valence-corrected chi connectivity index (χ1v) is 10.6. The average molecular weight is 415 g/mol. The Morgan fingerprint density at radius 1 is 1.17 bits per heavy atom. The van der Waals surface area contributed by atoms with Crippen LogP contribution in [0.5, 0.6) is 0 Å². The first-order valence-electron chi connectivity index (χ1n) is 10.6. The second-order valence-electron chi connectivity index (χ2n) is 8.86. The van der Waals surface area contributed by atoms with Gasteiger partial charge in [0.2, 0.25) is 0 Å². The molecule has 1 aliphatic carbocycles. The van der Waals surface area contributed by atoms with Gasteiger partial charge in [0.1, 0.15) is 17.3 Å². The Kier molecular flexibility index (Phi) is 5.54. The Hall–Kier alpha value is -2.11. The first-order chi connectivity index (χ1) is 14.3. The van der Waals surface area contributed by atoms with E-state index in [9.17, 15) is 9.50 Å². The molecule has 1 aliphatic heterocycles. The molecule has 0 aromatic heterocycles. The monoisotopic (exact) mass is 415 g/mol. The zero-order valence-corrected chi connectivity index (χ0v) is 17.7. The standard InChI is InChI=1S/C25H28F3NO/c1-4-16-10-21(26)23(22(27)11-16)24-20-12-17-7-5-6-8-18(17)19(20)9-15(2)29(24)13-25(3,28)14-30/h5-8,10-11,15,24,30H,4,9,12-14H2,1-3H3. The largest absolute Gasteiger partial charge is 0.393 e. The summed E-state index contributed by atoms with van der Waals surface area (Å²) in [5.41, 5.74) is 3.02. The van der Waals surface area contributed by atoms with Gasteiger partial charge in [-0.1, -0.05) is 31.2 Å². The number of hydrogen-bond acceptors (Lipinski definition) is 2. The molecule has 5 heteroatoms. The summed E-state index contributed by atoms with van der Waals surface area (Å²) in [5, 5.41) is 9.51. The topological polar surface area (TPSA) is 23.5 Å². The minimum absolute atomic E-state index is 0.0206. The van der Waals surface area contributed by atoms with Gasteiger partial charge in [0, 0.05) is 18.2 Å². The fourth-order valence-corrected chi connectivity index (χ4v) is 4.94. The van der Waals surface area contributed by atoms with Crippen LogP contribution in [0.4, 0.5) is 13.2 Å². The number of hydrogen-bond donors (Lipinski definition) is 1. The Balaban J connectivity index is 1.89. The second kappa shape index (κ2) is 7.86. The highest BCUT2D eigenvalue weighted by Gasteiger charge is 2.43. The SMILES string of the molecule is CCc1cc(F)c(C2C3=C(CC(C)N2CC(C)(F)CO)c2ccccc2C3)c(F)c1. The molecule has 1 heterocycles. The van der Waals surface area contributed by atoms with Gasteiger partial charge >= 0.3 is 0 Å². The van der Waals surface area contributed by atoms with E-state index < -0.39 is 30.0 Å². The molecule has 2 nitrogen and oxygen atoms in total. The van der Waals surface area contributed by atoms with E-state index in [1.807, 2.05) is 36.9 Å². The maximum absolute atomic E-state index is 15.3. The van der Waals surface area contributed by atoms with Crippen molar-refractivity contribution in [2.24, 2.45) is 0 Å². The predicted molar refractivity (Wildman–Crippen MR) is 113 cm³/mol. The van der Waals surface area contributed by atoms with Crippen molar-refractivity contribution >= 4 is 5.57 Å². The van der Waals surface area contributed by atoms with E-state index in [0.29, 0.717) is 24.8 Å². The molecule has 2 aromatic rings. The molecular formula is C25H28F3NO. The molecule has 3 atom stereocenters. The third-order valence-corrected chi connectivity index (χ3v) is 6.50. The van der Waals surface area contributed by atoms with E-state index in [1.54, 1.807) is 0 Å². The number of aryl methyl sites for hydroxylation is 1. The molecule has 1 N–H and O–H groups in total. The molecule has 3 unspecified atom stereocenters. The van der Waals surface area contributed by atoms with Gasteiger partial charge in [-0.3, -0.25) is 4.90 Å². The van der Waals surface area contributed by atoms with Crippen molar-refractivity contribution in [3.8, 4) is 0 Å². The van der Waals surface area contributed by atoms with Crippen molar-refractivity contribution in [2.75, 3.05) is 13.2 Å². The minimum atomic E-state index is -1.87. The molecule has 0 bridgehead atoms. The summed E-state index contributed by atoms with van der Waals surface area (Å²) in [6.07, 6.45) is 1.81. The summed E-state index contributed by atoms with van der Waals surface area (Å²) in [5.74, 6) is -1.19. The second-order valence-corrected chi connectivity index (χ2v) is 8.86. The Morgan fingerprint density at radius 2 is 1.83 bits per heavy atom. The van der Waals surface area contributed by atoms with Crippen molar-refractivity contribution in [3.05, 3.63) is 75.9 Å². The molecule has 0 amide bonds. The van der Waals surface area contributed by atoms with Crippen molar-refractivity contribution < 1.29 is 18.3 Å². The number of aliphatic hydroxyl groups is 1. The molecule has 4 rings (SSSR count). The predicted octanol–water partition coefficient (Wildman–Crippen LogP) is 5.39. The van der Waals surface area contributed by atoms with Gasteiger partial charge in [-0.2, -0.15) is 0 Å².